The van der Waals surface area contributed by atoms with Crippen molar-refractivity contribution in [2.75, 3.05) is 6.61 Å². The minimum Gasteiger partial charge on any atom is -0.508 e. The number of hydrogen-bond donors (Lipinski definition) is 2. The van der Waals surface area contributed by atoms with Crippen LogP contribution in [0.4, 0.5) is 4.79 Å². The van der Waals surface area contributed by atoms with E-state index < -0.39 is 23.2 Å². The van der Waals surface area contributed by atoms with Gasteiger partial charge in [-0.25, -0.2) is 4.79 Å². The first kappa shape index (κ1) is 20.8. The number of hydrogen-bond acceptors (Lipinski definition) is 5. The lowest BCUT2D eigenvalue weighted by molar-refractivity contribution is -0.143. The summed E-state index contributed by atoms with van der Waals surface area (Å²) in [6.45, 7) is 8.73. The van der Waals surface area contributed by atoms with Crippen LogP contribution in [0.3, 0.4) is 0 Å². The van der Waals surface area contributed by atoms with Crippen molar-refractivity contribution in [3.63, 3.8) is 0 Å². The summed E-state index contributed by atoms with van der Waals surface area (Å²) >= 11 is 0. The molecule has 0 bridgehead atoms. The van der Waals surface area contributed by atoms with Crippen molar-refractivity contribution >= 4 is 12.1 Å². The van der Waals surface area contributed by atoms with Crippen molar-refractivity contribution in [2.45, 2.75) is 65.0 Å². The fraction of sp³-hybridized carbons (Fsp3) is 0.579. The van der Waals surface area contributed by atoms with E-state index in [9.17, 15) is 14.7 Å². The molecule has 1 amide bonds. The van der Waals surface area contributed by atoms with Crippen molar-refractivity contribution in [2.24, 2.45) is 0 Å². The molecular formula is C19H29NO5. The summed E-state index contributed by atoms with van der Waals surface area (Å²) in [6, 6.07) is 6.90. The third kappa shape index (κ3) is 7.92. The Morgan fingerprint density at radius 1 is 1.16 bits per heavy atom. The Morgan fingerprint density at radius 3 is 2.24 bits per heavy atom. The molecule has 1 unspecified atom stereocenters. The van der Waals surface area contributed by atoms with Gasteiger partial charge in [0, 0.05) is 6.92 Å². The Bertz CT molecular complexity index is 576. The molecule has 0 aliphatic rings. The Kier molecular flexibility index (Phi) is 7.27. The highest BCUT2D eigenvalue weighted by Gasteiger charge is 2.33. The summed E-state index contributed by atoms with van der Waals surface area (Å²) in [5.74, 6) is -0.189. The number of aromatic hydroxyl groups is 1. The summed E-state index contributed by atoms with van der Waals surface area (Å²) in [4.78, 5) is 23.5. The van der Waals surface area contributed by atoms with Gasteiger partial charge in [0.15, 0.2) is 0 Å². The van der Waals surface area contributed by atoms with E-state index in [2.05, 4.69) is 5.32 Å². The molecule has 0 spiro atoms. The number of esters is 1. The molecule has 0 saturated carbocycles. The molecule has 1 aromatic carbocycles. The summed E-state index contributed by atoms with van der Waals surface area (Å²) in [6.07, 6.45) is 1.27. The minimum absolute atomic E-state index is 0.0795. The van der Waals surface area contributed by atoms with Gasteiger partial charge in [0.1, 0.15) is 18.0 Å². The maximum atomic E-state index is 12.2. The second-order valence-corrected chi connectivity index (χ2v) is 7.21. The van der Waals surface area contributed by atoms with Crippen LogP contribution in [0.5, 0.6) is 5.75 Å². The van der Waals surface area contributed by atoms with Crippen LogP contribution in [0.25, 0.3) is 0 Å². The van der Waals surface area contributed by atoms with E-state index in [4.69, 9.17) is 9.47 Å². The number of phenolic OH excluding ortho intramolecular Hbond substituents is 1. The van der Waals surface area contributed by atoms with Crippen molar-refractivity contribution < 1.29 is 24.2 Å². The number of benzene rings is 1. The van der Waals surface area contributed by atoms with Crippen LogP contribution in [-0.4, -0.2) is 34.9 Å². The summed E-state index contributed by atoms with van der Waals surface area (Å²) < 4.78 is 10.5. The van der Waals surface area contributed by atoms with E-state index in [0.717, 1.165) is 5.56 Å². The molecule has 140 valence electrons. The molecule has 0 fully saturated rings. The molecule has 6 nitrogen and oxygen atoms in total. The van der Waals surface area contributed by atoms with Crippen LogP contribution in [0, 0.1) is 0 Å². The first-order chi connectivity index (χ1) is 11.6. The normalized spacial score (nSPS) is 13.6. The van der Waals surface area contributed by atoms with E-state index in [-0.39, 0.29) is 12.4 Å². The lowest BCUT2D eigenvalue weighted by Gasteiger charge is -2.34. The second-order valence-electron chi connectivity index (χ2n) is 7.21. The number of nitrogens with one attached hydrogen (secondary N) is 1. The molecule has 0 aliphatic heterocycles. The summed E-state index contributed by atoms with van der Waals surface area (Å²) in [5, 5.41) is 12.3. The lowest BCUT2D eigenvalue weighted by Crippen LogP contribution is -2.53. The molecular weight excluding hydrogens is 322 g/mol. The van der Waals surface area contributed by atoms with Gasteiger partial charge in [-0.15, -0.1) is 0 Å². The van der Waals surface area contributed by atoms with Gasteiger partial charge < -0.3 is 19.9 Å². The Hall–Kier alpha value is -2.24. The van der Waals surface area contributed by atoms with Crippen LogP contribution in [0.1, 0.15) is 53.0 Å². The quantitative estimate of drug-likeness (QED) is 0.734. The predicted octanol–water partition coefficient (Wildman–Crippen LogP) is 3.56. The van der Waals surface area contributed by atoms with Crippen molar-refractivity contribution in [3.8, 4) is 5.75 Å². The highest BCUT2D eigenvalue weighted by atomic mass is 16.6. The maximum Gasteiger partial charge on any atom is 0.408 e. The molecule has 0 radical (unpaired) electrons. The van der Waals surface area contributed by atoms with Gasteiger partial charge >= 0.3 is 12.1 Å². The van der Waals surface area contributed by atoms with Crippen LogP contribution in [0.15, 0.2) is 24.3 Å². The standard InChI is InChI=1S/C19H29NO5/c1-6-19(13-24-14(2)21,20-17(23)25-18(3,4)5)12-11-15-7-9-16(22)10-8-15/h7-10,22H,6,11-13H2,1-5H3,(H,20,23). The smallest absolute Gasteiger partial charge is 0.408 e. The largest absolute Gasteiger partial charge is 0.508 e. The van der Waals surface area contributed by atoms with E-state index in [1.807, 2.05) is 19.1 Å². The van der Waals surface area contributed by atoms with Crippen LogP contribution < -0.4 is 5.32 Å². The molecule has 0 heterocycles. The minimum atomic E-state index is -0.716. The molecule has 0 aliphatic carbocycles. The number of carbonyl (C=O) groups is 2. The highest BCUT2D eigenvalue weighted by Crippen LogP contribution is 2.22. The van der Waals surface area contributed by atoms with Gasteiger partial charge in [0.05, 0.1) is 5.54 Å². The molecule has 1 aromatic rings. The average molecular weight is 351 g/mol. The van der Waals surface area contributed by atoms with Gasteiger partial charge in [-0.3, -0.25) is 4.79 Å². The zero-order valence-electron chi connectivity index (χ0n) is 15.7. The van der Waals surface area contributed by atoms with Gasteiger partial charge in [-0.05, 0) is 57.7 Å². The zero-order valence-corrected chi connectivity index (χ0v) is 15.7. The van der Waals surface area contributed by atoms with E-state index in [0.29, 0.717) is 19.3 Å². The predicted molar refractivity (Wildman–Crippen MR) is 95.5 cm³/mol. The Morgan fingerprint density at radius 2 is 1.76 bits per heavy atom. The number of aryl methyl sites for hydroxylation is 1. The Labute approximate surface area is 149 Å². The van der Waals surface area contributed by atoms with Crippen LogP contribution >= 0.6 is 0 Å². The number of rotatable bonds is 7. The van der Waals surface area contributed by atoms with Gasteiger partial charge in [0.2, 0.25) is 0 Å². The van der Waals surface area contributed by atoms with E-state index >= 15 is 0 Å². The number of amides is 1. The van der Waals surface area contributed by atoms with Gasteiger partial charge in [-0.2, -0.15) is 0 Å². The first-order valence-corrected chi connectivity index (χ1v) is 8.48. The molecule has 1 rings (SSSR count). The summed E-state index contributed by atoms with van der Waals surface area (Å²) in [5.41, 5.74) is -0.308. The fourth-order valence-electron chi connectivity index (χ4n) is 2.34. The van der Waals surface area contributed by atoms with Crippen LogP contribution in [0.2, 0.25) is 0 Å². The molecule has 6 heteroatoms. The van der Waals surface area contributed by atoms with Crippen LogP contribution in [-0.2, 0) is 20.7 Å². The number of ether oxygens (including phenoxy) is 2. The monoisotopic (exact) mass is 351 g/mol. The third-order valence-electron chi connectivity index (χ3n) is 3.82. The topological polar surface area (TPSA) is 84.9 Å². The number of phenols is 1. The second kappa shape index (κ2) is 8.74. The molecule has 0 aromatic heterocycles. The third-order valence-corrected chi connectivity index (χ3v) is 3.82. The number of alkyl carbamates (subject to hydrolysis) is 1. The lowest BCUT2D eigenvalue weighted by atomic mass is 9.89. The van der Waals surface area contributed by atoms with E-state index in [1.165, 1.54) is 6.92 Å². The first-order valence-electron chi connectivity index (χ1n) is 8.48. The zero-order chi connectivity index (χ0) is 19.1. The summed E-state index contributed by atoms with van der Waals surface area (Å²) in [7, 11) is 0. The molecule has 25 heavy (non-hydrogen) atoms. The molecule has 0 saturated heterocycles. The van der Waals surface area contributed by atoms with E-state index in [1.54, 1.807) is 32.9 Å². The molecule has 2 N–H and O–H groups in total. The van der Waals surface area contributed by atoms with Gasteiger partial charge in [-0.1, -0.05) is 19.1 Å². The number of carbonyl (C=O) groups excluding carboxylic acids is 2. The van der Waals surface area contributed by atoms with Crippen molar-refractivity contribution in [1.29, 1.82) is 0 Å². The van der Waals surface area contributed by atoms with Crippen molar-refractivity contribution in [1.82, 2.24) is 5.32 Å². The molecule has 1 atom stereocenters. The highest BCUT2D eigenvalue weighted by molar-refractivity contribution is 5.69. The fourth-order valence-corrected chi connectivity index (χ4v) is 2.34. The SMILES string of the molecule is CCC(CCc1ccc(O)cc1)(COC(C)=O)NC(=O)OC(C)(C)C. The Balaban J connectivity index is 2.86. The average Bonchev–Trinajstić information content (AvgIpc) is 2.50. The van der Waals surface area contributed by atoms with Crippen molar-refractivity contribution in [3.05, 3.63) is 29.8 Å². The van der Waals surface area contributed by atoms with Gasteiger partial charge in [0.25, 0.3) is 0 Å². The maximum absolute atomic E-state index is 12.2.